The lowest BCUT2D eigenvalue weighted by molar-refractivity contribution is 0.251. The average molecular weight is 364 g/mol. The molecule has 1 saturated heterocycles. The smallest absolute Gasteiger partial charge is 0.319 e. The van der Waals surface area contributed by atoms with Crippen molar-refractivity contribution in [1.29, 1.82) is 0 Å². The van der Waals surface area contributed by atoms with Gasteiger partial charge in [-0.2, -0.15) is 11.8 Å². The first-order chi connectivity index (χ1) is 12.1. The van der Waals surface area contributed by atoms with Crippen LogP contribution in [0.5, 0.6) is 0 Å². The average Bonchev–Trinajstić information content (AvgIpc) is 2.64. The largest absolute Gasteiger partial charge is 0.355 e. The van der Waals surface area contributed by atoms with Gasteiger partial charge < -0.3 is 15.5 Å². The number of nitrogens with zero attached hydrogens (tertiary/aromatic N) is 2. The van der Waals surface area contributed by atoms with Gasteiger partial charge >= 0.3 is 6.03 Å². The second-order valence-corrected chi connectivity index (χ2v) is 6.78. The highest BCUT2D eigenvalue weighted by atomic mass is 32.2. The van der Waals surface area contributed by atoms with Crippen LogP contribution in [-0.2, 0) is 6.54 Å². The summed E-state index contributed by atoms with van der Waals surface area (Å²) in [6, 6.07) is 6.04. The van der Waals surface area contributed by atoms with E-state index in [2.05, 4.69) is 20.5 Å². The quantitative estimate of drug-likeness (QED) is 0.875. The summed E-state index contributed by atoms with van der Waals surface area (Å²) >= 11 is 1.92. The third-order valence-electron chi connectivity index (χ3n) is 3.77. The van der Waals surface area contributed by atoms with Crippen LogP contribution in [0.2, 0.25) is 0 Å². The molecule has 132 valence electrons. The molecule has 2 amide bonds. The summed E-state index contributed by atoms with van der Waals surface area (Å²) in [5.74, 6) is 1.73. The van der Waals surface area contributed by atoms with Crippen molar-refractivity contribution in [2.45, 2.75) is 6.54 Å². The fourth-order valence-electron chi connectivity index (χ4n) is 2.48. The molecule has 1 fully saturated rings. The lowest BCUT2D eigenvalue weighted by atomic mass is 10.2. The van der Waals surface area contributed by atoms with Crippen molar-refractivity contribution in [3.8, 4) is 0 Å². The minimum Gasteiger partial charge on any atom is -0.355 e. The lowest BCUT2D eigenvalue weighted by Gasteiger charge is -2.27. The molecule has 8 heteroatoms. The number of thioether (sulfide) groups is 1. The van der Waals surface area contributed by atoms with Gasteiger partial charge in [0, 0.05) is 43.4 Å². The molecule has 2 N–H and O–H groups in total. The summed E-state index contributed by atoms with van der Waals surface area (Å²) in [7, 11) is 0. The molecule has 0 radical (unpaired) electrons. The van der Waals surface area contributed by atoms with Crippen LogP contribution < -0.4 is 15.5 Å². The molecule has 2 heterocycles. The van der Waals surface area contributed by atoms with E-state index in [-0.39, 0.29) is 12.2 Å². The van der Waals surface area contributed by atoms with Gasteiger partial charge in [-0.3, -0.25) is 0 Å². The van der Waals surface area contributed by atoms with E-state index in [0.717, 1.165) is 54.2 Å². The van der Waals surface area contributed by atoms with E-state index in [1.807, 2.05) is 23.9 Å². The van der Waals surface area contributed by atoms with Crippen LogP contribution in [-0.4, -0.2) is 35.6 Å². The second kappa shape index (κ2) is 8.15. The SMILES string of the molecule is O=C(NCc1ccnc(N2CCSCC2)c1)Nc1cc(F)ccc1F. The van der Waals surface area contributed by atoms with Crippen LogP contribution in [0, 0.1) is 11.6 Å². The number of nitrogens with one attached hydrogen (secondary N) is 2. The molecular weight excluding hydrogens is 346 g/mol. The summed E-state index contributed by atoms with van der Waals surface area (Å²) in [5.41, 5.74) is 0.692. The Morgan fingerprint density at radius 1 is 1.20 bits per heavy atom. The van der Waals surface area contributed by atoms with Gasteiger partial charge in [-0.15, -0.1) is 0 Å². The number of halogens is 2. The maximum Gasteiger partial charge on any atom is 0.319 e. The maximum atomic E-state index is 13.5. The van der Waals surface area contributed by atoms with E-state index in [9.17, 15) is 13.6 Å². The fraction of sp³-hybridized carbons (Fsp3) is 0.294. The van der Waals surface area contributed by atoms with Gasteiger partial charge in [0.05, 0.1) is 5.69 Å². The van der Waals surface area contributed by atoms with E-state index in [1.165, 1.54) is 0 Å². The Bertz CT molecular complexity index is 753. The van der Waals surface area contributed by atoms with E-state index in [1.54, 1.807) is 6.20 Å². The number of benzene rings is 1. The van der Waals surface area contributed by atoms with E-state index >= 15 is 0 Å². The summed E-state index contributed by atoms with van der Waals surface area (Å²) in [6.45, 7) is 2.17. The molecular formula is C17H18F2N4OS. The second-order valence-electron chi connectivity index (χ2n) is 5.55. The number of urea groups is 1. The molecule has 25 heavy (non-hydrogen) atoms. The van der Waals surface area contributed by atoms with E-state index in [4.69, 9.17) is 0 Å². The summed E-state index contributed by atoms with van der Waals surface area (Å²) in [5, 5.41) is 4.94. The summed E-state index contributed by atoms with van der Waals surface area (Å²) < 4.78 is 26.6. The van der Waals surface area contributed by atoms with Crippen molar-refractivity contribution in [1.82, 2.24) is 10.3 Å². The molecule has 1 aliphatic heterocycles. The highest BCUT2D eigenvalue weighted by molar-refractivity contribution is 7.99. The zero-order valence-electron chi connectivity index (χ0n) is 13.5. The van der Waals surface area contributed by atoms with Crippen molar-refractivity contribution < 1.29 is 13.6 Å². The standard InChI is InChI=1S/C17H18F2N4OS/c18-13-1-2-14(19)15(10-13)22-17(24)21-11-12-3-4-20-16(9-12)23-5-7-25-8-6-23/h1-4,9-10H,5-8,11H2,(H2,21,22,24). The van der Waals surface area contributed by atoms with Gasteiger partial charge in [-0.25, -0.2) is 18.6 Å². The molecule has 1 aliphatic rings. The number of hydrogen-bond acceptors (Lipinski definition) is 4. The van der Waals surface area contributed by atoms with Crippen LogP contribution in [0.3, 0.4) is 0 Å². The van der Waals surface area contributed by atoms with Crippen molar-refractivity contribution >= 4 is 29.3 Å². The minimum absolute atomic E-state index is 0.196. The molecule has 1 aromatic heterocycles. The van der Waals surface area contributed by atoms with Gasteiger partial charge in [0.25, 0.3) is 0 Å². The number of amides is 2. The number of pyridine rings is 1. The van der Waals surface area contributed by atoms with Crippen LogP contribution in [0.1, 0.15) is 5.56 Å². The van der Waals surface area contributed by atoms with E-state index in [0.29, 0.717) is 0 Å². The summed E-state index contributed by atoms with van der Waals surface area (Å²) in [6.07, 6.45) is 1.71. The highest BCUT2D eigenvalue weighted by Gasteiger charge is 2.13. The van der Waals surface area contributed by atoms with Crippen molar-refractivity contribution in [2.75, 3.05) is 34.8 Å². The summed E-state index contributed by atoms with van der Waals surface area (Å²) in [4.78, 5) is 18.5. The first-order valence-corrected chi connectivity index (χ1v) is 9.05. The van der Waals surface area contributed by atoms with Gasteiger partial charge in [0.2, 0.25) is 0 Å². The molecule has 0 aliphatic carbocycles. The Balaban J connectivity index is 1.57. The molecule has 0 bridgehead atoms. The van der Waals surface area contributed by atoms with Gasteiger partial charge in [0.1, 0.15) is 17.5 Å². The van der Waals surface area contributed by atoms with Crippen LogP contribution in [0.25, 0.3) is 0 Å². The van der Waals surface area contributed by atoms with E-state index < -0.39 is 17.7 Å². The monoisotopic (exact) mass is 364 g/mol. The first-order valence-electron chi connectivity index (χ1n) is 7.89. The van der Waals surface area contributed by atoms with Gasteiger partial charge in [0.15, 0.2) is 0 Å². The minimum atomic E-state index is -0.689. The van der Waals surface area contributed by atoms with Gasteiger partial charge in [-0.1, -0.05) is 0 Å². The zero-order valence-corrected chi connectivity index (χ0v) is 14.3. The van der Waals surface area contributed by atoms with Crippen molar-refractivity contribution in [2.24, 2.45) is 0 Å². The van der Waals surface area contributed by atoms with Crippen LogP contribution in [0.15, 0.2) is 36.5 Å². The zero-order chi connectivity index (χ0) is 17.6. The lowest BCUT2D eigenvalue weighted by Crippen LogP contribution is -2.33. The Hall–Kier alpha value is -2.35. The Labute approximate surface area is 148 Å². The molecule has 3 rings (SSSR count). The molecule has 0 spiro atoms. The number of anilines is 2. The van der Waals surface area contributed by atoms with Crippen LogP contribution in [0.4, 0.5) is 25.1 Å². The van der Waals surface area contributed by atoms with Crippen LogP contribution >= 0.6 is 11.8 Å². The van der Waals surface area contributed by atoms with Crippen molar-refractivity contribution in [3.05, 3.63) is 53.7 Å². The highest BCUT2D eigenvalue weighted by Crippen LogP contribution is 2.18. The number of aromatic nitrogens is 1. The molecule has 2 aromatic rings. The Morgan fingerprint density at radius 2 is 2.00 bits per heavy atom. The molecule has 0 saturated carbocycles. The fourth-order valence-corrected chi connectivity index (χ4v) is 3.38. The number of rotatable bonds is 4. The normalized spacial score (nSPS) is 14.2. The Morgan fingerprint density at radius 3 is 2.80 bits per heavy atom. The maximum absolute atomic E-state index is 13.5. The van der Waals surface area contributed by atoms with Crippen molar-refractivity contribution in [3.63, 3.8) is 0 Å². The number of carbonyl (C=O) groups excluding carboxylic acids is 1. The van der Waals surface area contributed by atoms with Gasteiger partial charge in [-0.05, 0) is 29.8 Å². The predicted molar refractivity (Wildman–Crippen MR) is 96.0 cm³/mol. The topological polar surface area (TPSA) is 57.3 Å². The third kappa shape index (κ3) is 4.82. The first kappa shape index (κ1) is 17.5. The Kier molecular flexibility index (Phi) is 5.70. The molecule has 0 unspecified atom stereocenters. The molecule has 1 aromatic carbocycles. The molecule has 5 nitrogen and oxygen atoms in total. The number of carbonyl (C=O) groups is 1. The predicted octanol–water partition coefficient (Wildman–Crippen LogP) is 3.23. The number of hydrogen-bond donors (Lipinski definition) is 2. The third-order valence-corrected chi connectivity index (χ3v) is 4.72. The molecule has 0 atom stereocenters.